The van der Waals surface area contributed by atoms with Crippen molar-refractivity contribution in [2.45, 2.75) is 110 Å². The molecule has 0 aromatic rings. The van der Waals surface area contributed by atoms with Crippen LogP contribution in [0.4, 0.5) is 0 Å². The Morgan fingerprint density at radius 1 is 0.867 bits per heavy atom. The highest BCUT2D eigenvalue weighted by Gasteiger charge is 2.25. The average Bonchev–Trinajstić information content (AvgIpc) is 2.64. The number of quaternary nitrogens is 1. The summed E-state index contributed by atoms with van der Waals surface area (Å²) in [7, 11) is -0.371. The first-order valence-electron chi connectivity index (χ1n) is 12.1. The summed E-state index contributed by atoms with van der Waals surface area (Å²) < 4.78 is 33.3. The number of nitrogens with one attached hydrogen (secondary N) is 1. The molecule has 0 radical (unpaired) electrons. The van der Waals surface area contributed by atoms with Gasteiger partial charge in [0, 0.05) is 19.4 Å². The molecule has 0 aromatic carbocycles. The van der Waals surface area contributed by atoms with Crippen molar-refractivity contribution in [3.8, 4) is 0 Å². The third-order valence-electron chi connectivity index (χ3n) is 6.13. The molecule has 0 saturated heterocycles. The van der Waals surface area contributed by atoms with Crippen LogP contribution in [0.25, 0.3) is 0 Å². The molecule has 0 bridgehead atoms. The maximum absolute atomic E-state index is 11.9. The smallest absolute Gasteiger partial charge is 0.219 e. The first-order valence-corrected chi connectivity index (χ1v) is 13.7. The minimum atomic E-state index is -4.21. The Balaban J connectivity index is 3.58. The van der Waals surface area contributed by atoms with Gasteiger partial charge in [0.05, 0.1) is 32.4 Å². The van der Waals surface area contributed by atoms with Crippen LogP contribution in [0.3, 0.4) is 0 Å². The van der Waals surface area contributed by atoms with Crippen LogP contribution < -0.4 is 5.32 Å². The van der Waals surface area contributed by atoms with Gasteiger partial charge in [0.25, 0.3) is 0 Å². The van der Waals surface area contributed by atoms with Crippen molar-refractivity contribution < 1.29 is 22.2 Å². The van der Waals surface area contributed by atoms with Crippen molar-refractivity contribution in [1.82, 2.24) is 5.32 Å². The Kier molecular flexibility index (Phi) is 16.6. The van der Waals surface area contributed by atoms with E-state index in [0.29, 0.717) is 17.4 Å². The van der Waals surface area contributed by atoms with E-state index in [4.69, 9.17) is 0 Å². The van der Waals surface area contributed by atoms with E-state index in [2.05, 4.69) is 12.2 Å². The number of carbonyl (C=O) groups is 1. The molecule has 0 fully saturated rings. The summed E-state index contributed by atoms with van der Waals surface area (Å²) in [6.07, 6.45) is 16.8. The molecule has 0 spiro atoms. The molecule has 7 heteroatoms. The Bertz CT molecular complexity index is 535. The number of carbonyl (C=O) groups excluding carboxylic acids is 1. The predicted molar refractivity (Wildman–Crippen MR) is 124 cm³/mol. The minimum absolute atomic E-state index is 0.0996. The molecule has 1 unspecified atom stereocenters. The van der Waals surface area contributed by atoms with Crippen LogP contribution >= 0.6 is 0 Å². The van der Waals surface area contributed by atoms with E-state index in [1.807, 2.05) is 14.1 Å². The van der Waals surface area contributed by atoms with E-state index in [1.54, 1.807) is 6.92 Å². The van der Waals surface area contributed by atoms with Crippen LogP contribution in [0, 0.1) is 0 Å². The van der Waals surface area contributed by atoms with Crippen molar-refractivity contribution in [3.63, 3.8) is 0 Å². The number of nitrogens with zero attached hydrogens (tertiary/aromatic N) is 1. The number of unbranched alkanes of at least 4 members (excludes halogenated alkanes) is 11. The lowest BCUT2D eigenvalue weighted by molar-refractivity contribution is -0.910. The second-order valence-corrected chi connectivity index (χ2v) is 10.9. The lowest BCUT2D eigenvalue weighted by Crippen LogP contribution is -2.51. The summed E-state index contributed by atoms with van der Waals surface area (Å²) in [6.45, 7) is 5.34. The van der Waals surface area contributed by atoms with Crippen LogP contribution in [-0.2, 0) is 14.9 Å². The van der Waals surface area contributed by atoms with Gasteiger partial charge in [-0.3, -0.25) is 4.79 Å². The number of amides is 1. The van der Waals surface area contributed by atoms with Gasteiger partial charge < -0.3 is 14.4 Å². The van der Waals surface area contributed by atoms with Gasteiger partial charge in [0.1, 0.15) is 10.1 Å². The van der Waals surface area contributed by atoms with Crippen molar-refractivity contribution in [3.05, 3.63) is 0 Å². The van der Waals surface area contributed by atoms with Gasteiger partial charge >= 0.3 is 0 Å². The normalized spacial score (nSPS) is 13.4. The van der Waals surface area contributed by atoms with Crippen molar-refractivity contribution in [1.29, 1.82) is 0 Å². The van der Waals surface area contributed by atoms with Gasteiger partial charge in [-0.15, -0.1) is 0 Å². The molecule has 0 saturated carbocycles. The van der Waals surface area contributed by atoms with Crippen molar-refractivity contribution >= 4 is 16.0 Å². The summed E-state index contributed by atoms with van der Waals surface area (Å²) in [5, 5.41) is 2.95. The van der Waals surface area contributed by atoms with Crippen LogP contribution in [0.15, 0.2) is 0 Å². The van der Waals surface area contributed by atoms with Crippen LogP contribution in [0.1, 0.15) is 104 Å². The molecule has 0 aliphatic carbocycles. The van der Waals surface area contributed by atoms with Crippen molar-refractivity contribution in [2.24, 2.45) is 0 Å². The molecule has 0 aromatic heterocycles. The SMILES string of the molecule is CCCCCCCCCCCCCCC(=O)NCCC[N+](C)(C)C(C)CS(=O)(=O)[O-]. The summed E-state index contributed by atoms with van der Waals surface area (Å²) >= 11 is 0. The minimum Gasteiger partial charge on any atom is -0.748 e. The summed E-state index contributed by atoms with van der Waals surface area (Å²) in [4.78, 5) is 11.9. The van der Waals surface area contributed by atoms with E-state index in [0.717, 1.165) is 25.8 Å². The second kappa shape index (κ2) is 17.0. The van der Waals surface area contributed by atoms with E-state index in [1.165, 1.54) is 64.2 Å². The van der Waals surface area contributed by atoms with E-state index in [9.17, 15) is 17.8 Å². The lowest BCUT2D eigenvalue weighted by Gasteiger charge is -2.36. The first kappa shape index (κ1) is 29.3. The van der Waals surface area contributed by atoms with E-state index in [-0.39, 0.29) is 17.7 Å². The predicted octanol–water partition coefficient (Wildman–Crippen LogP) is 4.59. The highest BCUT2D eigenvalue weighted by Crippen LogP contribution is 2.13. The Hall–Kier alpha value is -0.660. The topological polar surface area (TPSA) is 86.3 Å². The van der Waals surface area contributed by atoms with Crippen LogP contribution in [-0.4, -0.2) is 62.3 Å². The zero-order valence-electron chi connectivity index (χ0n) is 20.1. The molecule has 0 rings (SSSR count). The fraction of sp³-hybridized carbons (Fsp3) is 0.957. The molecule has 0 aliphatic heterocycles. The third-order valence-corrected chi connectivity index (χ3v) is 7.02. The van der Waals surface area contributed by atoms with Gasteiger partial charge in [-0.1, -0.05) is 77.6 Å². The van der Waals surface area contributed by atoms with Crippen LogP contribution in [0.5, 0.6) is 0 Å². The van der Waals surface area contributed by atoms with Gasteiger partial charge in [-0.2, -0.15) is 0 Å². The average molecular weight is 449 g/mol. The monoisotopic (exact) mass is 448 g/mol. The molecule has 1 amide bonds. The number of hydrogen-bond donors (Lipinski definition) is 1. The number of rotatable bonds is 20. The van der Waals surface area contributed by atoms with Gasteiger partial charge in [0.2, 0.25) is 5.91 Å². The Morgan fingerprint density at radius 3 is 1.80 bits per heavy atom. The third kappa shape index (κ3) is 18.1. The fourth-order valence-corrected chi connectivity index (χ4v) is 4.64. The first-order chi connectivity index (χ1) is 14.1. The summed E-state index contributed by atoms with van der Waals surface area (Å²) in [5.41, 5.74) is 0. The molecule has 6 nitrogen and oxygen atoms in total. The highest BCUT2D eigenvalue weighted by molar-refractivity contribution is 7.85. The maximum Gasteiger partial charge on any atom is 0.219 e. The zero-order chi connectivity index (χ0) is 22.9. The zero-order valence-corrected chi connectivity index (χ0v) is 20.9. The van der Waals surface area contributed by atoms with Gasteiger partial charge in [-0.05, 0) is 13.3 Å². The van der Waals surface area contributed by atoms with E-state index < -0.39 is 10.1 Å². The molecule has 0 aliphatic rings. The van der Waals surface area contributed by atoms with Crippen LogP contribution in [0.2, 0.25) is 0 Å². The molecular weight excluding hydrogens is 400 g/mol. The van der Waals surface area contributed by atoms with E-state index >= 15 is 0 Å². The fourth-order valence-electron chi connectivity index (χ4n) is 3.65. The molecule has 0 heterocycles. The molecule has 180 valence electrons. The van der Waals surface area contributed by atoms with Gasteiger partial charge in [0.15, 0.2) is 0 Å². The quantitative estimate of drug-likeness (QED) is 0.168. The highest BCUT2D eigenvalue weighted by atomic mass is 32.2. The van der Waals surface area contributed by atoms with Crippen molar-refractivity contribution in [2.75, 3.05) is 32.9 Å². The summed E-state index contributed by atoms with van der Waals surface area (Å²) in [5.74, 6) is -0.256. The molecule has 1 atom stereocenters. The molecule has 30 heavy (non-hydrogen) atoms. The largest absolute Gasteiger partial charge is 0.748 e. The molecular formula is C23H48N2O4S. The number of hydrogen-bond acceptors (Lipinski definition) is 4. The summed E-state index contributed by atoms with van der Waals surface area (Å²) in [6, 6.07) is -0.260. The maximum atomic E-state index is 11.9. The van der Waals surface area contributed by atoms with Gasteiger partial charge in [-0.25, -0.2) is 8.42 Å². The lowest BCUT2D eigenvalue weighted by atomic mass is 10.0. The molecule has 1 N–H and O–H groups in total. The second-order valence-electron chi connectivity index (χ2n) is 9.42. The Labute approximate surface area is 186 Å². The Morgan fingerprint density at radius 2 is 1.33 bits per heavy atom. The standard InChI is InChI=1S/C23H48N2O4S/c1-5-6-7-8-9-10-11-12-13-14-15-16-18-23(26)24-19-17-20-25(3,4)22(2)21-30(27,28)29/h22H,5-21H2,1-4H3,(H-,24,26,27,28,29).